The topological polar surface area (TPSA) is 59.2 Å². The van der Waals surface area contributed by atoms with Gasteiger partial charge in [0.1, 0.15) is 5.75 Å². The van der Waals surface area contributed by atoms with Crippen LogP contribution in [0.4, 0.5) is 0 Å². The zero-order valence-electron chi connectivity index (χ0n) is 16.9. The van der Waals surface area contributed by atoms with E-state index >= 15 is 0 Å². The van der Waals surface area contributed by atoms with Gasteiger partial charge in [0.15, 0.2) is 5.78 Å². The summed E-state index contributed by atoms with van der Waals surface area (Å²) in [5, 5.41) is 1.24. The van der Waals surface area contributed by atoms with Crippen molar-refractivity contribution in [3.05, 3.63) is 105 Å². The van der Waals surface area contributed by atoms with Crippen molar-refractivity contribution in [2.24, 2.45) is 0 Å². The molecule has 0 radical (unpaired) electrons. The summed E-state index contributed by atoms with van der Waals surface area (Å²) in [5.74, 6) is 0.282. The highest BCUT2D eigenvalue weighted by atomic mass is 35.5. The minimum Gasteiger partial charge on any atom is -0.493 e. The third-order valence-electron chi connectivity index (χ3n) is 4.92. The van der Waals surface area contributed by atoms with Gasteiger partial charge in [-0.2, -0.15) is 0 Å². The minimum atomic E-state index is -0.443. The summed E-state index contributed by atoms with van der Waals surface area (Å²) in [6.45, 7) is 2.42. The van der Waals surface area contributed by atoms with Crippen molar-refractivity contribution in [3.63, 3.8) is 0 Å². The number of nitrogens with one attached hydrogen (secondary N) is 1. The molecule has 1 N–H and O–H groups in total. The van der Waals surface area contributed by atoms with Gasteiger partial charge in [-0.15, -0.1) is 0 Å². The summed E-state index contributed by atoms with van der Waals surface area (Å²) >= 11 is 6.23. The number of hydrogen-bond acceptors (Lipinski definition) is 3. The molecule has 1 heterocycles. The molecular formula is C26H20ClNO3. The zero-order valence-corrected chi connectivity index (χ0v) is 17.6. The van der Waals surface area contributed by atoms with Crippen molar-refractivity contribution in [3.8, 4) is 16.9 Å². The average molecular weight is 430 g/mol. The molecule has 3 aromatic carbocycles. The van der Waals surface area contributed by atoms with Crippen LogP contribution in [0.2, 0.25) is 5.02 Å². The van der Waals surface area contributed by atoms with Gasteiger partial charge in [-0.1, -0.05) is 60.1 Å². The summed E-state index contributed by atoms with van der Waals surface area (Å²) < 4.78 is 5.62. The van der Waals surface area contributed by atoms with Crippen molar-refractivity contribution in [1.29, 1.82) is 0 Å². The second-order valence-electron chi connectivity index (χ2n) is 6.93. The lowest BCUT2D eigenvalue weighted by atomic mass is 9.94. The Morgan fingerprint density at radius 2 is 1.77 bits per heavy atom. The number of hydrogen-bond donors (Lipinski definition) is 1. The van der Waals surface area contributed by atoms with Crippen molar-refractivity contribution in [2.75, 3.05) is 6.61 Å². The lowest BCUT2D eigenvalue weighted by molar-refractivity contribution is 0.104. The van der Waals surface area contributed by atoms with Crippen LogP contribution < -0.4 is 10.3 Å². The van der Waals surface area contributed by atoms with Gasteiger partial charge in [0.25, 0.3) is 5.56 Å². The number of aromatic nitrogens is 1. The number of ether oxygens (including phenoxy) is 1. The number of allylic oxidation sites excluding steroid dienone is 1. The summed E-state index contributed by atoms with van der Waals surface area (Å²) in [5.41, 5.74) is 2.35. The standard InChI is InChI=1S/C26H20ClNO3/c1-2-31-23-11-7-6-8-17(23)12-15-22(29)25-24(18-9-4-3-5-10-18)20-16-19(27)13-14-21(20)28-26(25)30/h3-16H,2H2,1H3,(H,28,30)/b15-12+. The van der Waals surface area contributed by atoms with Crippen molar-refractivity contribution in [1.82, 2.24) is 4.98 Å². The SMILES string of the molecule is CCOc1ccccc1/C=C/C(=O)c1c(-c2ccccc2)c2cc(Cl)ccc2[nH]c1=O. The number of rotatable bonds is 6. The number of ketones is 1. The van der Waals surface area contributed by atoms with Crippen LogP contribution in [0.5, 0.6) is 5.75 Å². The maximum absolute atomic E-state index is 13.3. The van der Waals surface area contributed by atoms with Crippen LogP contribution >= 0.6 is 11.6 Å². The molecule has 4 rings (SSSR count). The third kappa shape index (κ3) is 4.30. The van der Waals surface area contributed by atoms with Crippen LogP contribution in [-0.4, -0.2) is 17.4 Å². The Labute approximate surface area is 184 Å². The smallest absolute Gasteiger partial charge is 0.260 e. The maximum atomic E-state index is 13.3. The molecule has 0 aliphatic rings. The lowest BCUT2D eigenvalue weighted by Crippen LogP contribution is -2.18. The Balaban J connectivity index is 1.89. The largest absolute Gasteiger partial charge is 0.493 e. The number of carbonyl (C=O) groups is 1. The number of carbonyl (C=O) groups excluding carboxylic acids is 1. The van der Waals surface area contributed by atoms with E-state index in [4.69, 9.17) is 16.3 Å². The second kappa shape index (κ2) is 9.02. The number of fused-ring (bicyclic) bond motifs is 1. The quantitative estimate of drug-likeness (QED) is 0.295. The van der Waals surface area contributed by atoms with Crippen LogP contribution in [0.15, 0.2) is 83.7 Å². The van der Waals surface area contributed by atoms with E-state index in [1.54, 1.807) is 24.3 Å². The monoisotopic (exact) mass is 429 g/mol. The lowest BCUT2D eigenvalue weighted by Gasteiger charge is -2.12. The van der Waals surface area contributed by atoms with Crippen molar-refractivity contribution < 1.29 is 9.53 Å². The highest BCUT2D eigenvalue weighted by Crippen LogP contribution is 2.31. The Bertz CT molecular complexity index is 1340. The Morgan fingerprint density at radius 1 is 1.03 bits per heavy atom. The first-order valence-corrected chi connectivity index (χ1v) is 10.3. The van der Waals surface area contributed by atoms with E-state index in [1.165, 1.54) is 6.08 Å². The Morgan fingerprint density at radius 3 is 2.55 bits per heavy atom. The molecule has 0 atom stereocenters. The first kappa shape index (κ1) is 20.6. The molecule has 5 heteroatoms. The van der Waals surface area contributed by atoms with Gasteiger partial charge in [0, 0.05) is 27.1 Å². The van der Waals surface area contributed by atoms with E-state index in [9.17, 15) is 9.59 Å². The van der Waals surface area contributed by atoms with E-state index in [-0.39, 0.29) is 5.56 Å². The number of benzene rings is 3. The number of H-pyrrole nitrogens is 1. The van der Waals surface area contributed by atoms with Gasteiger partial charge in [0.2, 0.25) is 0 Å². The molecule has 4 aromatic rings. The molecule has 0 spiro atoms. The van der Waals surface area contributed by atoms with E-state index in [0.717, 1.165) is 11.1 Å². The molecule has 0 aliphatic heterocycles. The van der Waals surface area contributed by atoms with Crippen LogP contribution in [0.1, 0.15) is 22.8 Å². The second-order valence-corrected chi connectivity index (χ2v) is 7.36. The van der Waals surface area contributed by atoms with Crippen LogP contribution in [0, 0.1) is 0 Å². The van der Waals surface area contributed by atoms with Gasteiger partial charge >= 0.3 is 0 Å². The summed E-state index contributed by atoms with van der Waals surface area (Å²) in [7, 11) is 0. The van der Waals surface area contributed by atoms with E-state index < -0.39 is 11.3 Å². The molecule has 154 valence electrons. The van der Waals surface area contributed by atoms with Gasteiger partial charge in [-0.25, -0.2) is 0 Å². The fourth-order valence-electron chi connectivity index (χ4n) is 3.56. The van der Waals surface area contributed by atoms with Gasteiger partial charge in [0.05, 0.1) is 12.2 Å². The molecule has 0 aliphatic carbocycles. The summed E-state index contributed by atoms with van der Waals surface area (Å²) in [6.07, 6.45) is 3.08. The molecule has 0 saturated heterocycles. The molecule has 31 heavy (non-hydrogen) atoms. The average Bonchev–Trinajstić information content (AvgIpc) is 2.78. The number of aromatic amines is 1. The summed E-state index contributed by atoms with van der Waals surface area (Å²) in [6, 6.07) is 22.0. The van der Waals surface area contributed by atoms with E-state index in [0.29, 0.717) is 33.8 Å². The van der Waals surface area contributed by atoms with Crippen LogP contribution in [-0.2, 0) is 0 Å². The maximum Gasteiger partial charge on any atom is 0.260 e. The molecule has 1 aromatic heterocycles. The third-order valence-corrected chi connectivity index (χ3v) is 5.15. The fraction of sp³-hybridized carbons (Fsp3) is 0.0769. The molecule has 0 saturated carbocycles. The molecule has 0 fully saturated rings. The van der Waals surface area contributed by atoms with Crippen molar-refractivity contribution >= 4 is 34.4 Å². The van der Waals surface area contributed by atoms with Crippen LogP contribution in [0.25, 0.3) is 28.1 Å². The number of halogens is 1. The highest BCUT2D eigenvalue weighted by Gasteiger charge is 2.19. The van der Waals surface area contributed by atoms with Gasteiger partial charge < -0.3 is 9.72 Å². The molecular weight excluding hydrogens is 410 g/mol. The van der Waals surface area contributed by atoms with E-state index in [2.05, 4.69) is 4.98 Å². The zero-order chi connectivity index (χ0) is 21.8. The molecule has 0 amide bonds. The Hall–Kier alpha value is -3.63. The van der Waals surface area contributed by atoms with Crippen molar-refractivity contribution in [2.45, 2.75) is 6.92 Å². The fourth-order valence-corrected chi connectivity index (χ4v) is 3.73. The summed E-state index contributed by atoms with van der Waals surface area (Å²) in [4.78, 5) is 29.0. The Kier molecular flexibility index (Phi) is 6.01. The van der Waals surface area contributed by atoms with Gasteiger partial charge in [-0.3, -0.25) is 9.59 Å². The number of para-hydroxylation sites is 1. The normalized spacial score (nSPS) is 11.2. The van der Waals surface area contributed by atoms with E-state index in [1.807, 2.05) is 61.5 Å². The number of pyridine rings is 1. The molecule has 4 nitrogen and oxygen atoms in total. The van der Waals surface area contributed by atoms with Crippen LogP contribution in [0.3, 0.4) is 0 Å². The predicted octanol–water partition coefficient (Wildman–Crippen LogP) is 6.14. The van der Waals surface area contributed by atoms with Gasteiger partial charge in [-0.05, 0) is 48.9 Å². The first-order chi connectivity index (χ1) is 15.1. The first-order valence-electron chi connectivity index (χ1n) is 9.93. The predicted molar refractivity (Wildman–Crippen MR) is 126 cm³/mol. The minimum absolute atomic E-state index is 0.0751. The molecule has 0 bridgehead atoms. The highest BCUT2D eigenvalue weighted by molar-refractivity contribution is 6.31. The molecule has 0 unspecified atom stereocenters.